The van der Waals surface area contributed by atoms with Crippen molar-refractivity contribution in [2.24, 2.45) is 0 Å². The van der Waals surface area contributed by atoms with Gasteiger partial charge in [-0.2, -0.15) is 0 Å². The summed E-state index contributed by atoms with van der Waals surface area (Å²) in [5.74, 6) is 0.0366. The molecule has 0 saturated heterocycles. The molecule has 1 N–H and O–H groups in total. The summed E-state index contributed by atoms with van der Waals surface area (Å²) in [6.07, 6.45) is 6.87. The van der Waals surface area contributed by atoms with Crippen molar-refractivity contribution in [3.8, 4) is 0 Å². The lowest BCUT2D eigenvalue weighted by Gasteiger charge is -2.08. The molecule has 0 unspecified atom stereocenters. The normalized spacial score (nSPS) is 12.8. The van der Waals surface area contributed by atoms with Crippen LogP contribution in [0.4, 0.5) is 0 Å². The number of aliphatic hydroxyl groups is 1. The van der Waals surface area contributed by atoms with E-state index in [1.54, 1.807) is 0 Å². The predicted octanol–water partition coefficient (Wildman–Crippen LogP) is 3.08. The van der Waals surface area contributed by atoms with Crippen molar-refractivity contribution in [2.75, 3.05) is 0 Å². The number of aliphatic hydroxyl groups excluding tert-OH is 1. The molecular formula is C12H24O2. The van der Waals surface area contributed by atoms with Crippen LogP contribution in [0.5, 0.6) is 0 Å². The first-order chi connectivity index (χ1) is 6.72. The highest BCUT2D eigenvalue weighted by molar-refractivity contribution is 5.82. The Morgan fingerprint density at radius 1 is 1.07 bits per heavy atom. The van der Waals surface area contributed by atoms with Crippen molar-refractivity contribution in [1.82, 2.24) is 0 Å². The van der Waals surface area contributed by atoms with Crippen LogP contribution in [0, 0.1) is 0 Å². The van der Waals surface area contributed by atoms with Gasteiger partial charge in [0, 0.05) is 6.42 Å². The molecule has 2 heteroatoms. The SMILES string of the molecule is CCCCCC(=O)[C@@H](O)CCCCC. The van der Waals surface area contributed by atoms with Crippen LogP contribution in [0.1, 0.15) is 65.2 Å². The van der Waals surface area contributed by atoms with Gasteiger partial charge in [0.1, 0.15) is 6.10 Å². The number of rotatable bonds is 9. The fourth-order valence-corrected chi connectivity index (χ4v) is 1.46. The minimum Gasteiger partial charge on any atom is -0.385 e. The van der Waals surface area contributed by atoms with Gasteiger partial charge in [0.05, 0.1) is 0 Å². The zero-order valence-electron chi connectivity index (χ0n) is 9.59. The fraction of sp³-hybridized carbons (Fsp3) is 0.917. The van der Waals surface area contributed by atoms with Crippen molar-refractivity contribution in [3.63, 3.8) is 0 Å². The summed E-state index contributed by atoms with van der Waals surface area (Å²) in [5.41, 5.74) is 0. The van der Waals surface area contributed by atoms with Crippen LogP contribution < -0.4 is 0 Å². The first-order valence-corrected chi connectivity index (χ1v) is 5.93. The highest BCUT2D eigenvalue weighted by atomic mass is 16.3. The maximum atomic E-state index is 11.4. The Morgan fingerprint density at radius 3 is 2.21 bits per heavy atom. The molecule has 0 aromatic heterocycles. The van der Waals surface area contributed by atoms with Gasteiger partial charge in [-0.3, -0.25) is 4.79 Å². The first kappa shape index (κ1) is 13.6. The molecule has 2 nitrogen and oxygen atoms in total. The van der Waals surface area contributed by atoms with E-state index in [4.69, 9.17) is 0 Å². The molecule has 0 fully saturated rings. The lowest BCUT2D eigenvalue weighted by molar-refractivity contribution is -0.127. The first-order valence-electron chi connectivity index (χ1n) is 5.93. The Balaban J connectivity index is 3.44. The van der Waals surface area contributed by atoms with Gasteiger partial charge >= 0.3 is 0 Å². The summed E-state index contributed by atoms with van der Waals surface area (Å²) in [4.78, 5) is 11.4. The van der Waals surface area contributed by atoms with Crippen molar-refractivity contribution in [1.29, 1.82) is 0 Å². The van der Waals surface area contributed by atoms with E-state index in [-0.39, 0.29) is 5.78 Å². The number of carbonyl (C=O) groups excluding carboxylic acids is 1. The second-order valence-electron chi connectivity index (χ2n) is 3.93. The molecule has 0 aliphatic carbocycles. The molecule has 0 aliphatic heterocycles. The largest absolute Gasteiger partial charge is 0.385 e. The molecule has 0 amide bonds. The van der Waals surface area contributed by atoms with E-state index in [9.17, 15) is 9.90 Å². The van der Waals surface area contributed by atoms with E-state index in [0.717, 1.165) is 38.5 Å². The Bertz CT molecular complexity index is 143. The Morgan fingerprint density at radius 2 is 1.64 bits per heavy atom. The summed E-state index contributed by atoms with van der Waals surface area (Å²) < 4.78 is 0. The standard InChI is InChI=1S/C12H24O2/c1-3-5-7-9-11(13)12(14)10-8-6-4-2/h11,13H,3-10H2,1-2H3/t11-/m0/s1. The Hall–Kier alpha value is -0.370. The monoisotopic (exact) mass is 200 g/mol. The second-order valence-corrected chi connectivity index (χ2v) is 3.93. The number of ketones is 1. The van der Waals surface area contributed by atoms with Crippen molar-refractivity contribution >= 4 is 5.78 Å². The number of unbranched alkanes of at least 4 members (excludes halogenated alkanes) is 4. The predicted molar refractivity (Wildman–Crippen MR) is 59.3 cm³/mol. The summed E-state index contributed by atoms with van der Waals surface area (Å²) in [5, 5.41) is 9.49. The molecule has 0 bridgehead atoms. The van der Waals surface area contributed by atoms with Gasteiger partial charge in [-0.1, -0.05) is 46.0 Å². The van der Waals surface area contributed by atoms with Crippen molar-refractivity contribution in [3.05, 3.63) is 0 Å². The molecule has 0 rings (SSSR count). The van der Waals surface area contributed by atoms with Crippen LogP contribution in [0.15, 0.2) is 0 Å². The lowest BCUT2D eigenvalue weighted by atomic mass is 10.0. The molecular weight excluding hydrogens is 176 g/mol. The Labute approximate surface area is 87.7 Å². The topological polar surface area (TPSA) is 37.3 Å². The van der Waals surface area contributed by atoms with Gasteiger partial charge in [0.2, 0.25) is 0 Å². The third kappa shape index (κ3) is 7.07. The van der Waals surface area contributed by atoms with Crippen LogP contribution in [0.3, 0.4) is 0 Å². The second kappa shape index (κ2) is 9.20. The zero-order valence-corrected chi connectivity index (χ0v) is 9.59. The average molecular weight is 200 g/mol. The van der Waals surface area contributed by atoms with E-state index in [2.05, 4.69) is 13.8 Å². The van der Waals surface area contributed by atoms with Gasteiger partial charge < -0.3 is 5.11 Å². The molecule has 84 valence electrons. The summed E-state index contributed by atoms with van der Waals surface area (Å²) in [6, 6.07) is 0. The highest BCUT2D eigenvalue weighted by Crippen LogP contribution is 2.08. The maximum Gasteiger partial charge on any atom is 0.161 e. The minimum absolute atomic E-state index is 0.0366. The molecule has 14 heavy (non-hydrogen) atoms. The Kier molecular flexibility index (Phi) is 8.95. The molecule has 0 radical (unpaired) electrons. The summed E-state index contributed by atoms with van der Waals surface area (Å²) >= 11 is 0. The van der Waals surface area contributed by atoms with Crippen LogP contribution in [0.2, 0.25) is 0 Å². The highest BCUT2D eigenvalue weighted by Gasteiger charge is 2.13. The van der Waals surface area contributed by atoms with Crippen LogP contribution >= 0.6 is 0 Å². The molecule has 0 spiro atoms. The molecule has 0 aliphatic rings. The zero-order chi connectivity index (χ0) is 10.8. The number of Topliss-reactive ketones (excluding diaryl/α,β-unsaturated/α-hetero) is 1. The quantitative estimate of drug-likeness (QED) is 0.581. The molecule has 0 heterocycles. The lowest BCUT2D eigenvalue weighted by Crippen LogP contribution is -2.19. The minimum atomic E-state index is -0.696. The smallest absolute Gasteiger partial charge is 0.161 e. The van der Waals surface area contributed by atoms with Crippen molar-refractivity contribution in [2.45, 2.75) is 71.3 Å². The van der Waals surface area contributed by atoms with Gasteiger partial charge in [0.25, 0.3) is 0 Å². The number of hydrogen-bond donors (Lipinski definition) is 1. The summed E-state index contributed by atoms with van der Waals surface area (Å²) in [6.45, 7) is 4.23. The van der Waals surface area contributed by atoms with Crippen LogP contribution in [0.25, 0.3) is 0 Å². The van der Waals surface area contributed by atoms with Crippen LogP contribution in [-0.4, -0.2) is 17.0 Å². The van der Waals surface area contributed by atoms with Gasteiger partial charge in [-0.15, -0.1) is 0 Å². The molecule has 0 aromatic carbocycles. The molecule has 1 atom stereocenters. The molecule has 0 aromatic rings. The van der Waals surface area contributed by atoms with E-state index < -0.39 is 6.10 Å². The van der Waals surface area contributed by atoms with E-state index in [0.29, 0.717) is 12.8 Å². The average Bonchev–Trinajstić information content (AvgIpc) is 2.18. The number of carbonyl (C=O) groups is 1. The van der Waals surface area contributed by atoms with Crippen molar-refractivity contribution < 1.29 is 9.90 Å². The van der Waals surface area contributed by atoms with Gasteiger partial charge in [0.15, 0.2) is 5.78 Å². The van der Waals surface area contributed by atoms with E-state index in [1.807, 2.05) is 0 Å². The van der Waals surface area contributed by atoms with Gasteiger partial charge in [-0.25, -0.2) is 0 Å². The maximum absolute atomic E-state index is 11.4. The summed E-state index contributed by atoms with van der Waals surface area (Å²) in [7, 11) is 0. The fourth-order valence-electron chi connectivity index (χ4n) is 1.46. The van der Waals surface area contributed by atoms with Crippen LogP contribution in [-0.2, 0) is 4.79 Å². The third-order valence-electron chi connectivity index (χ3n) is 2.48. The number of hydrogen-bond acceptors (Lipinski definition) is 2. The van der Waals surface area contributed by atoms with E-state index >= 15 is 0 Å². The van der Waals surface area contributed by atoms with E-state index in [1.165, 1.54) is 0 Å². The van der Waals surface area contributed by atoms with Gasteiger partial charge in [-0.05, 0) is 12.8 Å². The third-order valence-corrected chi connectivity index (χ3v) is 2.48. The molecule has 0 saturated carbocycles.